The van der Waals surface area contributed by atoms with Crippen LogP contribution in [0.5, 0.6) is 0 Å². The van der Waals surface area contributed by atoms with Crippen LogP contribution in [-0.4, -0.2) is 28.5 Å². The van der Waals surface area contributed by atoms with Crippen molar-refractivity contribution in [2.45, 2.75) is 25.3 Å². The van der Waals surface area contributed by atoms with Gasteiger partial charge in [0.05, 0.1) is 11.1 Å². The van der Waals surface area contributed by atoms with Gasteiger partial charge in [-0.1, -0.05) is 6.42 Å². The Bertz CT molecular complexity index is 686. The number of fused-ring (bicyclic) bond motifs is 1. The van der Waals surface area contributed by atoms with Crippen LogP contribution in [0.2, 0.25) is 0 Å². The first-order valence-corrected chi connectivity index (χ1v) is 7.10. The van der Waals surface area contributed by atoms with Gasteiger partial charge >= 0.3 is 0 Å². The molecule has 0 aliphatic heterocycles. The van der Waals surface area contributed by atoms with Crippen molar-refractivity contribution in [2.75, 3.05) is 6.54 Å². The molecule has 1 amide bonds. The van der Waals surface area contributed by atoms with Crippen LogP contribution < -0.4 is 11.1 Å². The molecule has 1 aromatic heterocycles. The number of halogens is 3. The van der Waals surface area contributed by atoms with Crippen LogP contribution in [0.1, 0.15) is 29.6 Å². The smallest absolute Gasteiger partial charge is 0.253 e. The Morgan fingerprint density at radius 2 is 2.00 bits per heavy atom. The van der Waals surface area contributed by atoms with Crippen LogP contribution in [0.4, 0.5) is 4.39 Å². The maximum Gasteiger partial charge on any atom is 0.253 e. The number of benzene rings is 1. The fourth-order valence-corrected chi connectivity index (χ4v) is 2.97. The first kappa shape index (κ1) is 19.5. The quantitative estimate of drug-likeness (QED) is 0.880. The highest BCUT2D eigenvalue weighted by molar-refractivity contribution is 6.04. The zero-order chi connectivity index (χ0) is 14.8. The normalized spacial score (nSPS) is 19.7. The van der Waals surface area contributed by atoms with E-state index in [4.69, 9.17) is 5.73 Å². The van der Waals surface area contributed by atoms with Crippen LogP contribution in [0.25, 0.3) is 11.0 Å². The van der Waals surface area contributed by atoms with Gasteiger partial charge in [-0.3, -0.25) is 14.8 Å². The Kier molecular flexibility index (Phi) is 7.12. The van der Waals surface area contributed by atoms with E-state index in [1.54, 1.807) is 0 Å². The Morgan fingerprint density at radius 3 is 2.74 bits per heavy atom. The van der Waals surface area contributed by atoms with E-state index < -0.39 is 5.82 Å². The van der Waals surface area contributed by atoms with E-state index in [0.717, 1.165) is 19.3 Å². The third-order valence-electron chi connectivity index (χ3n) is 4.06. The summed E-state index contributed by atoms with van der Waals surface area (Å²) in [5, 5.41) is 2.96. The van der Waals surface area contributed by atoms with E-state index in [1.807, 2.05) is 0 Å². The molecule has 0 saturated heterocycles. The van der Waals surface area contributed by atoms with E-state index in [0.29, 0.717) is 23.5 Å². The maximum absolute atomic E-state index is 13.6. The summed E-state index contributed by atoms with van der Waals surface area (Å²) in [6.07, 6.45) is 5.95. The van der Waals surface area contributed by atoms with Crippen molar-refractivity contribution in [3.05, 3.63) is 35.9 Å². The monoisotopic (exact) mass is 360 g/mol. The SMILES string of the molecule is Cl.Cl.NCC1CCCC1NC(=O)c1cc(F)cc2nccnc12. The minimum atomic E-state index is -0.491. The molecule has 1 aliphatic carbocycles. The van der Waals surface area contributed by atoms with Crippen LogP contribution in [0, 0.1) is 11.7 Å². The van der Waals surface area contributed by atoms with Crippen molar-refractivity contribution in [3.8, 4) is 0 Å². The van der Waals surface area contributed by atoms with Crippen molar-refractivity contribution in [2.24, 2.45) is 11.7 Å². The van der Waals surface area contributed by atoms with Gasteiger partial charge in [-0.05, 0) is 31.4 Å². The lowest BCUT2D eigenvalue weighted by Crippen LogP contribution is -2.40. The summed E-state index contributed by atoms with van der Waals surface area (Å²) < 4.78 is 13.6. The highest BCUT2D eigenvalue weighted by Crippen LogP contribution is 2.25. The number of aromatic nitrogens is 2. The molecule has 1 fully saturated rings. The Labute approximate surface area is 146 Å². The van der Waals surface area contributed by atoms with Gasteiger partial charge in [-0.25, -0.2) is 4.39 Å². The molecule has 0 bridgehead atoms. The number of carbonyl (C=O) groups is 1. The third kappa shape index (κ3) is 4.07. The predicted octanol–water partition coefficient (Wildman–Crippen LogP) is 2.47. The zero-order valence-electron chi connectivity index (χ0n) is 12.4. The third-order valence-corrected chi connectivity index (χ3v) is 4.06. The molecule has 8 heteroatoms. The topological polar surface area (TPSA) is 80.9 Å². The number of hydrogen-bond donors (Lipinski definition) is 2. The summed E-state index contributed by atoms with van der Waals surface area (Å²) >= 11 is 0. The average molecular weight is 361 g/mol. The van der Waals surface area contributed by atoms with Crippen LogP contribution in [0.15, 0.2) is 24.5 Å². The zero-order valence-corrected chi connectivity index (χ0v) is 14.0. The number of hydrogen-bond acceptors (Lipinski definition) is 4. The molecule has 0 spiro atoms. The lowest BCUT2D eigenvalue weighted by Gasteiger charge is -2.19. The second kappa shape index (κ2) is 8.38. The average Bonchev–Trinajstić information content (AvgIpc) is 2.93. The number of nitrogens with two attached hydrogens (primary N) is 1. The minimum Gasteiger partial charge on any atom is -0.349 e. The molecule has 1 saturated carbocycles. The van der Waals surface area contributed by atoms with Gasteiger partial charge in [-0.15, -0.1) is 24.8 Å². The lowest BCUT2D eigenvalue weighted by atomic mass is 10.0. The maximum atomic E-state index is 13.6. The van der Waals surface area contributed by atoms with E-state index >= 15 is 0 Å². The molecule has 2 atom stereocenters. The van der Waals surface area contributed by atoms with Crippen LogP contribution in [0.3, 0.4) is 0 Å². The van der Waals surface area contributed by atoms with Crippen molar-refractivity contribution in [3.63, 3.8) is 0 Å². The minimum absolute atomic E-state index is 0. The Hall–Kier alpha value is -1.50. The second-order valence-electron chi connectivity index (χ2n) is 5.38. The van der Waals surface area contributed by atoms with E-state index in [2.05, 4.69) is 15.3 Å². The standard InChI is InChI=1S/C15H17FN4O.2ClH/c16-10-6-11(14-13(7-10)18-4-5-19-14)15(21)20-12-3-1-2-9(12)8-17;;/h4-7,9,12H,1-3,8,17H2,(H,20,21);2*1H. The van der Waals surface area contributed by atoms with Crippen molar-refractivity contribution in [1.29, 1.82) is 0 Å². The Balaban J connectivity index is 0.00000132. The summed E-state index contributed by atoms with van der Waals surface area (Å²) in [7, 11) is 0. The number of carbonyl (C=O) groups excluding carboxylic acids is 1. The molecule has 23 heavy (non-hydrogen) atoms. The van der Waals surface area contributed by atoms with E-state index in [1.165, 1.54) is 24.5 Å². The lowest BCUT2D eigenvalue weighted by molar-refractivity contribution is 0.0930. The number of nitrogens with one attached hydrogen (secondary N) is 1. The van der Waals surface area contributed by atoms with Gasteiger partial charge in [0.15, 0.2) is 0 Å². The molecule has 2 unspecified atom stereocenters. The molecule has 1 heterocycles. The summed E-state index contributed by atoms with van der Waals surface area (Å²) in [6.45, 7) is 0.550. The van der Waals surface area contributed by atoms with E-state index in [9.17, 15) is 9.18 Å². The molecule has 0 radical (unpaired) electrons. The van der Waals surface area contributed by atoms with Gasteiger partial charge in [0, 0.05) is 24.5 Å². The summed E-state index contributed by atoms with van der Waals surface area (Å²) in [6, 6.07) is 2.54. The molecular weight excluding hydrogens is 342 g/mol. The molecule has 2 aromatic rings. The second-order valence-corrected chi connectivity index (χ2v) is 5.38. The van der Waals surface area contributed by atoms with Crippen molar-refractivity contribution in [1.82, 2.24) is 15.3 Å². The van der Waals surface area contributed by atoms with Crippen LogP contribution >= 0.6 is 24.8 Å². The van der Waals surface area contributed by atoms with Crippen molar-refractivity contribution >= 4 is 41.8 Å². The molecule has 1 aliphatic rings. The van der Waals surface area contributed by atoms with Gasteiger partial charge in [0.2, 0.25) is 0 Å². The molecular formula is C15H19Cl2FN4O. The number of nitrogens with zero attached hydrogens (tertiary/aromatic N) is 2. The summed E-state index contributed by atoms with van der Waals surface area (Å²) in [5.74, 6) is -0.514. The van der Waals surface area contributed by atoms with Crippen molar-refractivity contribution < 1.29 is 9.18 Å². The first-order valence-electron chi connectivity index (χ1n) is 7.10. The molecule has 126 valence electrons. The molecule has 1 aromatic carbocycles. The van der Waals surface area contributed by atoms with Gasteiger partial charge in [-0.2, -0.15) is 0 Å². The van der Waals surface area contributed by atoms with Crippen LogP contribution in [-0.2, 0) is 0 Å². The summed E-state index contributed by atoms with van der Waals surface area (Å²) in [4.78, 5) is 20.6. The Morgan fingerprint density at radius 1 is 1.26 bits per heavy atom. The molecule has 3 rings (SSSR count). The first-order chi connectivity index (χ1) is 10.2. The highest BCUT2D eigenvalue weighted by atomic mass is 35.5. The molecule has 3 N–H and O–H groups in total. The fraction of sp³-hybridized carbons (Fsp3) is 0.400. The summed E-state index contributed by atoms with van der Waals surface area (Å²) in [5.41, 5.74) is 6.74. The van der Waals surface area contributed by atoms with Gasteiger partial charge < -0.3 is 11.1 Å². The number of amides is 1. The number of rotatable bonds is 3. The fourth-order valence-electron chi connectivity index (χ4n) is 2.97. The molecule has 5 nitrogen and oxygen atoms in total. The van der Waals surface area contributed by atoms with E-state index in [-0.39, 0.29) is 42.3 Å². The van der Waals surface area contributed by atoms with Gasteiger partial charge in [0.25, 0.3) is 5.91 Å². The predicted molar refractivity (Wildman–Crippen MR) is 91.6 cm³/mol. The highest BCUT2D eigenvalue weighted by Gasteiger charge is 2.28. The largest absolute Gasteiger partial charge is 0.349 e. The van der Waals surface area contributed by atoms with Gasteiger partial charge in [0.1, 0.15) is 11.3 Å².